The average Bonchev–Trinajstić information content (AvgIpc) is 2.83. The highest BCUT2D eigenvalue weighted by Gasteiger charge is 2.26. The van der Waals surface area contributed by atoms with E-state index < -0.39 is 0 Å². The third-order valence-corrected chi connectivity index (χ3v) is 4.02. The van der Waals surface area contributed by atoms with E-state index >= 15 is 0 Å². The van der Waals surface area contributed by atoms with Crippen LogP contribution in [0.4, 0.5) is 0 Å². The molecule has 1 aliphatic rings. The number of aromatic nitrogens is 1. The Kier molecular flexibility index (Phi) is 3.10. The minimum Gasteiger partial charge on any atom is -0.381 e. The van der Waals surface area contributed by atoms with E-state index in [9.17, 15) is 0 Å². The van der Waals surface area contributed by atoms with Gasteiger partial charge in [-0.15, -0.1) is 0 Å². The molecule has 0 amide bonds. The van der Waals surface area contributed by atoms with Gasteiger partial charge in [0.15, 0.2) is 0 Å². The van der Waals surface area contributed by atoms with Gasteiger partial charge in [0.25, 0.3) is 0 Å². The molecule has 3 N–H and O–H groups in total. The van der Waals surface area contributed by atoms with Gasteiger partial charge in [-0.3, -0.25) is 0 Å². The Morgan fingerprint density at radius 3 is 3.11 bits per heavy atom. The van der Waals surface area contributed by atoms with E-state index in [2.05, 4.69) is 36.3 Å². The zero-order valence-electron chi connectivity index (χ0n) is 10.8. The SMILES string of the molecule is CCc1cccc2c(C3COCCC3N)c[nH]c12. The van der Waals surface area contributed by atoms with Crippen LogP contribution in [-0.4, -0.2) is 24.2 Å². The molecule has 0 spiro atoms. The number of benzene rings is 1. The Hall–Kier alpha value is -1.32. The van der Waals surface area contributed by atoms with Gasteiger partial charge in [0, 0.05) is 35.7 Å². The second-order valence-electron chi connectivity index (χ2n) is 5.07. The Balaban J connectivity index is 2.07. The van der Waals surface area contributed by atoms with Gasteiger partial charge in [-0.05, 0) is 24.0 Å². The fourth-order valence-electron chi connectivity index (χ4n) is 2.92. The summed E-state index contributed by atoms with van der Waals surface area (Å²) in [5.41, 5.74) is 10.2. The first-order valence-electron chi connectivity index (χ1n) is 6.73. The molecule has 0 bridgehead atoms. The third-order valence-electron chi connectivity index (χ3n) is 4.02. The molecule has 2 heterocycles. The molecule has 2 atom stereocenters. The Morgan fingerprint density at radius 1 is 1.44 bits per heavy atom. The molecule has 1 fully saturated rings. The molecular weight excluding hydrogens is 224 g/mol. The van der Waals surface area contributed by atoms with Crippen LogP contribution in [0.25, 0.3) is 10.9 Å². The first-order valence-corrected chi connectivity index (χ1v) is 6.73. The first-order chi connectivity index (χ1) is 8.81. The monoisotopic (exact) mass is 244 g/mol. The van der Waals surface area contributed by atoms with Crippen LogP contribution in [0.3, 0.4) is 0 Å². The van der Waals surface area contributed by atoms with Crippen molar-refractivity contribution in [3.05, 3.63) is 35.5 Å². The molecule has 1 aromatic heterocycles. The molecule has 18 heavy (non-hydrogen) atoms. The number of nitrogens with one attached hydrogen (secondary N) is 1. The molecule has 1 aromatic carbocycles. The summed E-state index contributed by atoms with van der Waals surface area (Å²) in [4.78, 5) is 3.41. The summed E-state index contributed by atoms with van der Waals surface area (Å²) in [5, 5.41) is 1.31. The highest BCUT2D eigenvalue weighted by molar-refractivity contribution is 5.86. The molecule has 0 saturated carbocycles. The quantitative estimate of drug-likeness (QED) is 0.853. The molecule has 2 unspecified atom stereocenters. The van der Waals surface area contributed by atoms with Crippen molar-refractivity contribution in [1.29, 1.82) is 0 Å². The molecule has 3 nitrogen and oxygen atoms in total. The lowest BCUT2D eigenvalue weighted by atomic mass is 9.89. The normalized spacial score (nSPS) is 24.6. The average molecular weight is 244 g/mol. The lowest BCUT2D eigenvalue weighted by Crippen LogP contribution is -2.36. The van der Waals surface area contributed by atoms with E-state index in [4.69, 9.17) is 10.5 Å². The third kappa shape index (κ3) is 1.84. The van der Waals surface area contributed by atoms with Crippen molar-refractivity contribution in [2.45, 2.75) is 31.7 Å². The second kappa shape index (κ2) is 4.75. The number of rotatable bonds is 2. The predicted octanol–water partition coefficient (Wildman–Crippen LogP) is 2.56. The van der Waals surface area contributed by atoms with Crippen LogP contribution in [0.1, 0.15) is 30.4 Å². The van der Waals surface area contributed by atoms with Crippen LogP contribution in [0.5, 0.6) is 0 Å². The van der Waals surface area contributed by atoms with Gasteiger partial charge in [0.2, 0.25) is 0 Å². The maximum absolute atomic E-state index is 6.24. The van der Waals surface area contributed by atoms with E-state index in [-0.39, 0.29) is 6.04 Å². The van der Waals surface area contributed by atoms with E-state index in [0.717, 1.165) is 26.1 Å². The van der Waals surface area contributed by atoms with Crippen LogP contribution >= 0.6 is 0 Å². The highest BCUT2D eigenvalue weighted by atomic mass is 16.5. The predicted molar refractivity (Wildman–Crippen MR) is 73.8 cm³/mol. The number of fused-ring (bicyclic) bond motifs is 1. The van der Waals surface area contributed by atoms with Crippen molar-refractivity contribution in [3.63, 3.8) is 0 Å². The molecular formula is C15H20N2O. The standard InChI is InChI=1S/C15H20N2O/c1-2-10-4-3-5-11-12(8-17-15(10)11)13-9-18-7-6-14(13)16/h3-5,8,13-14,17H,2,6-7,9,16H2,1H3. The highest BCUT2D eigenvalue weighted by Crippen LogP contribution is 2.32. The van der Waals surface area contributed by atoms with E-state index in [1.54, 1.807) is 0 Å². The van der Waals surface area contributed by atoms with Gasteiger partial charge in [0.1, 0.15) is 0 Å². The van der Waals surface area contributed by atoms with Crippen molar-refractivity contribution in [2.75, 3.05) is 13.2 Å². The van der Waals surface area contributed by atoms with Crippen molar-refractivity contribution < 1.29 is 4.74 Å². The molecule has 1 aliphatic heterocycles. The molecule has 96 valence electrons. The van der Waals surface area contributed by atoms with Gasteiger partial charge in [0.05, 0.1) is 6.61 Å². The lowest BCUT2D eigenvalue weighted by molar-refractivity contribution is 0.0695. The fourth-order valence-corrected chi connectivity index (χ4v) is 2.92. The largest absolute Gasteiger partial charge is 0.381 e. The molecule has 1 saturated heterocycles. The number of aryl methyl sites for hydroxylation is 1. The number of hydrogen-bond donors (Lipinski definition) is 2. The smallest absolute Gasteiger partial charge is 0.0550 e. The van der Waals surface area contributed by atoms with Crippen LogP contribution in [0.15, 0.2) is 24.4 Å². The summed E-state index contributed by atoms with van der Waals surface area (Å²) in [7, 11) is 0. The minimum atomic E-state index is 0.211. The summed E-state index contributed by atoms with van der Waals surface area (Å²) in [6.45, 7) is 3.72. The maximum atomic E-state index is 6.24. The summed E-state index contributed by atoms with van der Waals surface area (Å²) >= 11 is 0. The van der Waals surface area contributed by atoms with E-state index in [1.165, 1.54) is 22.0 Å². The van der Waals surface area contributed by atoms with Crippen LogP contribution < -0.4 is 5.73 Å². The summed E-state index contributed by atoms with van der Waals surface area (Å²) in [6, 6.07) is 6.71. The molecule has 0 radical (unpaired) electrons. The summed E-state index contributed by atoms with van der Waals surface area (Å²) < 4.78 is 5.59. The van der Waals surface area contributed by atoms with Gasteiger partial charge in [-0.1, -0.05) is 25.1 Å². The topological polar surface area (TPSA) is 51.0 Å². The van der Waals surface area contributed by atoms with Crippen molar-refractivity contribution in [1.82, 2.24) is 4.98 Å². The zero-order valence-corrected chi connectivity index (χ0v) is 10.8. The molecule has 0 aliphatic carbocycles. The molecule has 3 rings (SSSR count). The van der Waals surface area contributed by atoms with Gasteiger partial charge >= 0.3 is 0 Å². The number of nitrogens with two attached hydrogens (primary N) is 1. The number of ether oxygens (including phenoxy) is 1. The van der Waals surface area contributed by atoms with Crippen LogP contribution in [-0.2, 0) is 11.2 Å². The van der Waals surface area contributed by atoms with Crippen molar-refractivity contribution in [3.8, 4) is 0 Å². The maximum Gasteiger partial charge on any atom is 0.0550 e. The Morgan fingerprint density at radius 2 is 2.33 bits per heavy atom. The Bertz CT molecular complexity index is 546. The van der Waals surface area contributed by atoms with Crippen molar-refractivity contribution >= 4 is 10.9 Å². The number of hydrogen-bond acceptors (Lipinski definition) is 2. The number of aromatic amines is 1. The van der Waals surface area contributed by atoms with Crippen molar-refractivity contribution in [2.24, 2.45) is 5.73 Å². The second-order valence-corrected chi connectivity index (χ2v) is 5.07. The number of H-pyrrole nitrogens is 1. The van der Waals surface area contributed by atoms with Gasteiger partial charge in [-0.2, -0.15) is 0 Å². The fraction of sp³-hybridized carbons (Fsp3) is 0.467. The van der Waals surface area contributed by atoms with Gasteiger partial charge in [-0.25, -0.2) is 0 Å². The van der Waals surface area contributed by atoms with E-state index in [0.29, 0.717) is 5.92 Å². The lowest BCUT2D eigenvalue weighted by Gasteiger charge is -2.28. The van der Waals surface area contributed by atoms with Gasteiger partial charge < -0.3 is 15.5 Å². The summed E-state index contributed by atoms with van der Waals surface area (Å²) in [6.07, 6.45) is 4.11. The Labute approximate surface area is 107 Å². The molecule has 3 heteroatoms. The summed E-state index contributed by atoms with van der Waals surface area (Å²) in [5.74, 6) is 0.319. The van der Waals surface area contributed by atoms with E-state index in [1.807, 2.05) is 0 Å². The van der Waals surface area contributed by atoms with Crippen LogP contribution in [0.2, 0.25) is 0 Å². The zero-order chi connectivity index (χ0) is 12.5. The van der Waals surface area contributed by atoms with Crippen LogP contribution in [0, 0.1) is 0 Å². The first kappa shape index (κ1) is 11.8. The molecule has 2 aromatic rings. The minimum absolute atomic E-state index is 0.211. The number of para-hydroxylation sites is 1.